The third-order valence-electron chi connectivity index (χ3n) is 4.99. The Hall–Kier alpha value is -2.54. The molecule has 0 aromatic heterocycles. The van der Waals surface area contributed by atoms with Crippen molar-refractivity contribution in [1.82, 2.24) is 5.32 Å². The quantitative estimate of drug-likeness (QED) is 0.530. The number of carbonyl (C=O) groups is 1. The van der Waals surface area contributed by atoms with Crippen LogP contribution in [-0.2, 0) is 21.2 Å². The SMILES string of the molecule is CCOc1ccccc1CCCNC(=O)[C@@H](CC)N(c1cc(C)cc(C)c1)S(C)(=O)=O. The zero-order valence-electron chi connectivity index (χ0n) is 19.1. The molecule has 0 saturated carbocycles. The minimum atomic E-state index is -3.64. The Morgan fingerprint density at radius 3 is 2.32 bits per heavy atom. The lowest BCUT2D eigenvalue weighted by Gasteiger charge is -2.30. The maximum absolute atomic E-state index is 12.9. The number of aryl methyl sites for hydroxylation is 3. The molecular weight excluding hydrogens is 412 g/mol. The molecule has 0 radical (unpaired) electrons. The molecule has 1 N–H and O–H groups in total. The molecule has 0 aliphatic carbocycles. The van der Waals surface area contributed by atoms with Crippen molar-refractivity contribution >= 4 is 21.6 Å². The second kappa shape index (κ2) is 11.2. The van der Waals surface area contributed by atoms with Gasteiger partial charge in [-0.05, 0) is 74.9 Å². The van der Waals surface area contributed by atoms with Crippen LogP contribution in [0.1, 0.15) is 43.4 Å². The Morgan fingerprint density at radius 2 is 1.74 bits per heavy atom. The minimum Gasteiger partial charge on any atom is -0.494 e. The number of benzene rings is 2. The van der Waals surface area contributed by atoms with E-state index < -0.39 is 16.1 Å². The molecule has 2 rings (SSSR count). The highest BCUT2D eigenvalue weighted by molar-refractivity contribution is 7.92. The van der Waals surface area contributed by atoms with Crippen LogP contribution in [0.2, 0.25) is 0 Å². The lowest BCUT2D eigenvalue weighted by atomic mass is 10.1. The third kappa shape index (κ3) is 6.99. The Kier molecular flexibility index (Phi) is 8.92. The number of rotatable bonds is 11. The lowest BCUT2D eigenvalue weighted by Crippen LogP contribution is -2.49. The summed E-state index contributed by atoms with van der Waals surface area (Å²) < 4.78 is 32.1. The summed E-state index contributed by atoms with van der Waals surface area (Å²) in [5, 5.41) is 2.92. The first-order chi connectivity index (χ1) is 14.7. The van der Waals surface area contributed by atoms with Crippen molar-refractivity contribution in [3.63, 3.8) is 0 Å². The molecule has 170 valence electrons. The minimum absolute atomic E-state index is 0.287. The fourth-order valence-corrected chi connectivity index (χ4v) is 4.95. The first-order valence-corrected chi connectivity index (χ1v) is 12.6. The second-order valence-corrected chi connectivity index (χ2v) is 9.62. The smallest absolute Gasteiger partial charge is 0.243 e. The second-order valence-electron chi connectivity index (χ2n) is 7.76. The van der Waals surface area contributed by atoms with Gasteiger partial charge in [0.05, 0.1) is 18.6 Å². The van der Waals surface area contributed by atoms with E-state index in [1.807, 2.05) is 58.0 Å². The van der Waals surface area contributed by atoms with Crippen molar-refractivity contribution < 1.29 is 17.9 Å². The van der Waals surface area contributed by atoms with E-state index in [0.717, 1.165) is 41.5 Å². The topological polar surface area (TPSA) is 75.7 Å². The highest BCUT2D eigenvalue weighted by atomic mass is 32.2. The van der Waals surface area contributed by atoms with Gasteiger partial charge in [0.1, 0.15) is 11.8 Å². The first kappa shape index (κ1) is 24.7. The van der Waals surface area contributed by atoms with Gasteiger partial charge in [0, 0.05) is 6.54 Å². The number of hydrogen-bond donors (Lipinski definition) is 1. The summed E-state index contributed by atoms with van der Waals surface area (Å²) in [4.78, 5) is 12.9. The highest BCUT2D eigenvalue weighted by Crippen LogP contribution is 2.25. The Morgan fingerprint density at radius 1 is 1.10 bits per heavy atom. The van der Waals surface area contributed by atoms with Gasteiger partial charge >= 0.3 is 0 Å². The summed E-state index contributed by atoms with van der Waals surface area (Å²) in [5.74, 6) is 0.575. The summed E-state index contributed by atoms with van der Waals surface area (Å²) in [6.07, 6.45) is 3.01. The molecule has 0 saturated heterocycles. The molecule has 2 aromatic rings. The number of nitrogens with zero attached hydrogens (tertiary/aromatic N) is 1. The van der Waals surface area contributed by atoms with Crippen molar-refractivity contribution in [1.29, 1.82) is 0 Å². The number of hydrogen-bond acceptors (Lipinski definition) is 4. The van der Waals surface area contributed by atoms with Crippen LogP contribution in [0, 0.1) is 13.8 Å². The van der Waals surface area contributed by atoms with Crippen LogP contribution in [-0.4, -0.2) is 39.8 Å². The normalized spacial score (nSPS) is 12.3. The predicted octanol–water partition coefficient (Wildman–Crippen LogP) is 4.00. The van der Waals surface area contributed by atoms with Gasteiger partial charge in [-0.2, -0.15) is 0 Å². The van der Waals surface area contributed by atoms with E-state index in [2.05, 4.69) is 5.32 Å². The van der Waals surface area contributed by atoms with Crippen LogP contribution < -0.4 is 14.4 Å². The van der Waals surface area contributed by atoms with Gasteiger partial charge in [-0.3, -0.25) is 9.10 Å². The largest absolute Gasteiger partial charge is 0.494 e. The molecule has 1 amide bonds. The molecule has 2 aromatic carbocycles. The molecule has 0 fully saturated rings. The molecule has 31 heavy (non-hydrogen) atoms. The van der Waals surface area contributed by atoms with Crippen LogP contribution in [0.15, 0.2) is 42.5 Å². The zero-order valence-corrected chi connectivity index (χ0v) is 20.0. The van der Waals surface area contributed by atoms with E-state index in [1.165, 1.54) is 4.31 Å². The molecule has 0 heterocycles. The molecule has 0 aliphatic heterocycles. The standard InChI is InChI=1S/C24H34N2O4S/c1-6-22(26(31(5,28)29)21-16-18(3)15-19(4)17-21)24(27)25-14-10-12-20-11-8-9-13-23(20)30-7-2/h8-9,11,13,15-17,22H,6-7,10,12,14H2,1-5H3,(H,25,27)/t22-/m1/s1. The van der Waals surface area contributed by atoms with Crippen molar-refractivity contribution in [3.05, 3.63) is 59.2 Å². The first-order valence-electron chi connectivity index (χ1n) is 10.7. The molecule has 0 bridgehead atoms. The molecule has 0 spiro atoms. The van der Waals surface area contributed by atoms with Gasteiger partial charge in [0.15, 0.2) is 0 Å². The van der Waals surface area contributed by atoms with Crippen LogP contribution in [0.5, 0.6) is 5.75 Å². The van der Waals surface area contributed by atoms with Crippen molar-refractivity contribution in [2.45, 2.75) is 53.0 Å². The molecule has 0 unspecified atom stereocenters. The van der Waals surface area contributed by atoms with Gasteiger partial charge in [-0.25, -0.2) is 8.42 Å². The van der Waals surface area contributed by atoms with E-state index in [9.17, 15) is 13.2 Å². The summed E-state index contributed by atoms with van der Waals surface area (Å²) in [6, 6.07) is 12.7. The fraction of sp³-hybridized carbons (Fsp3) is 0.458. The summed E-state index contributed by atoms with van der Waals surface area (Å²) >= 11 is 0. The molecule has 6 nitrogen and oxygen atoms in total. The average molecular weight is 447 g/mol. The number of ether oxygens (including phenoxy) is 1. The maximum atomic E-state index is 12.9. The average Bonchev–Trinajstić information content (AvgIpc) is 2.68. The van der Waals surface area contributed by atoms with E-state index in [0.29, 0.717) is 25.3 Å². The Balaban J connectivity index is 2.09. The van der Waals surface area contributed by atoms with Crippen molar-refractivity contribution in [3.8, 4) is 5.75 Å². The number of carbonyl (C=O) groups excluding carboxylic acids is 1. The summed E-state index contributed by atoms with van der Waals surface area (Å²) in [6.45, 7) is 8.66. The predicted molar refractivity (Wildman–Crippen MR) is 126 cm³/mol. The number of para-hydroxylation sites is 1. The van der Waals surface area contributed by atoms with Crippen molar-refractivity contribution in [2.24, 2.45) is 0 Å². The van der Waals surface area contributed by atoms with Gasteiger partial charge < -0.3 is 10.1 Å². The van der Waals surface area contributed by atoms with Gasteiger partial charge in [0.25, 0.3) is 0 Å². The number of anilines is 1. The van der Waals surface area contributed by atoms with Gasteiger partial charge in [-0.15, -0.1) is 0 Å². The number of amides is 1. The Bertz CT molecular complexity index is 969. The van der Waals surface area contributed by atoms with Crippen LogP contribution in [0.25, 0.3) is 0 Å². The van der Waals surface area contributed by atoms with E-state index in [4.69, 9.17) is 4.74 Å². The third-order valence-corrected chi connectivity index (χ3v) is 6.17. The summed E-state index contributed by atoms with van der Waals surface area (Å²) in [5.41, 5.74) is 3.52. The van der Waals surface area contributed by atoms with Gasteiger partial charge in [-0.1, -0.05) is 31.2 Å². The number of sulfonamides is 1. The monoisotopic (exact) mass is 446 g/mol. The maximum Gasteiger partial charge on any atom is 0.243 e. The molecule has 1 atom stereocenters. The molecular formula is C24H34N2O4S. The van der Waals surface area contributed by atoms with Crippen molar-refractivity contribution in [2.75, 3.05) is 23.7 Å². The van der Waals surface area contributed by atoms with Crippen LogP contribution >= 0.6 is 0 Å². The molecule has 0 aliphatic rings. The fourth-order valence-electron chi connectivity index (χ4n) is 3.75. The van der Waals surface area contributed by atoms with Gasteiger partial charge in [0.2, 0.25) is 15.9 Å². The zero-order chi connectivity index (χ0) is 23.0. The highest BCUT2D eigenvalue weighted by Gasteiger charge is 2.31. The van der Waals surface area contributed by atoms with Crippen LogP contribution in [0.4, 0.5) is 5.69 Å². The van der Waals surface area contributed by atoms with E-state index >= 15 is 0 Å². The number of nitrogens with one attached hydrogen (secondary N) is 1. The van der Waals surface area contributed by atoms with E-state index in [-0.39, 0.29) is 5.91 Å². The molecule has 7 heteroatoms. The van der Waals surface area contributed by atoms with Crippen LogP contribution in [0.3, 0.4) is 0 Å². The van der Waals surface area contributed by atoms with E-state index in [1.54, 1.807) is 12.1 Å². The lowest BCUT2D eigenvalue weighted by molar-refractivity contribution is -0.122. The summed E-state index contributed by atoms with van der Waals surface area (Å²) in [7, 11) is -3.64. The Labute approximate surface area is 186 Å².